The minimum absolute atomic E-state index is 0.00951. The summed E-state index contributed by atoms with van der Waals surface area (Å²) in [5, 5.41) is 0. The third-order valence-corrected chi connectivity index (χ3v) is 11.4. The Morgan fingerprint density at radius 1 is 0.556 bits per heavy atom. The van der Waals surface area contributed by atoms with Gasteiger partial charge in [-0.05, 0) is 97.5 Å². The Morgan fingerprint density at radius 3 is 1.31 bits per heavy atom. The molecule has 4 aromatic rings. The fourth-order valence-electron chi connectivity index (χ4n) is 6.86. The van der Waals surface area contributed by atoms with E-state index in [0.717, 1.165) is 48.9 Å². The summed E-state index contributed by atoms with van der Waals surface area (Å²) in [5.74, 6) is 3.12. The second-order valence-corrected chi connectivity index (χ2v) is 16.6. The van der Waals surface area contributed by atoms with Gasteiger partial charge in [-0.1, -0.05) is 90.1 Å². The second kappa shape index (κ2) is 16.2. The highest BCUT2D eigenvalue weighted by Gasteiger charge is 2.35. The molecule has 4 aromatic carbocycles. The van der Waals surface area contributed by atoms with Crippen molar-refractivity contribution < 1.29 is 33.2 Å². The van der Waals surface area contributed by atoms with Crippen molar-refractivity contribution in [2.75, 3.05) is 26.4 Å². The van der Waals surface area contributed by atoms with E-state index in [0.29, 0.717) is 24.9 Å². The van der Waals surface area contributed by atoms with Crippen LogP contribution in [-0.2, 0) is 25.1 Å². The van der Waals surface area contributed by atoms with E-state index in [4.69, 9.17) is 28.4 Å². The Kier molecular flexibility index (Phi) is 11.8. The molecule has 4 atom stereocenters. The SMILES string of the molecule is CCC(C)(CC(=O)COc1ccc(C(C)(C)c2ccc(OC(C)(CC)CC3CO3)cc2)cc1)Oc1ccc(C(C)(C)c2ccc(OCC3CO3)cc2)cc1. The highest BCUT2D eigenvalue weighted by molar-refractivity contribution is 5.81. The molecule has 7 heteroatoms. The molecule has 2 fully saturated rings. The zero-order valence-electron chi connectivity index (χ0n) is 33.4. The topological polar surface area (TPSA) is 79.1 Å². The van der Waals surface area contributed by atoms with Crippen LogP contribution in [0.3, 0.4) is 0 Å². The Hall–Kier alpha value is -4.33. The summed E-state index contributed by atoms with van der Waals surface area (Å²) in [6, 6.07) is 33.0. The minimum Gasteiger partial charge on any atom is -0.491 e. The molecule has 2 saturated heterocycles. The van der Waals surface area contributed by atoms with E-state index in [9.17, 15) is 4.79 Å². The lowest BCUT2D eigenvalue weighted by atomic mass is 9.78. The van der Waals surface area contributed by atoms with Crippen LogP contribution >= 0.6 is 0 Å². The smallest absolute Gasteiger partial charge is 0.174 e. The van der Waals surface area contributed by atoms with Crippen LogP contribution in [0.1, 0.15) is 103 Å². The first-order valence-corrected chi connectivity index (χ1v) is 19.5. The van der Waals surface area contributed by atoms with Crippen LogP contribution in [0.4, 0.5) is 0 Å². The number of Topliss-reactive ketones (excluding diaryl/α,β-unsaturated/α-hetero) is 1. The summed E-state index contributed by atoms with van der Waals surface area (Å²) in [6.07, 6.45) is 3.30. The van der Waals surface area contributed by atoms with Gasteiger partial charge in [0.05, 0.1) is 19.3 Å². The van der Waals surface area contributed by atoms with E-state index in [-0.39, 0.29) is 41.3 Å². The molecule has 0 spiro atoms. The van der Waals surface area contributed by atoms with Gasteiger partial charge in [0.2, 0.25) is 0 Å². The summed E-state index contributed by atoms with van der Waals surface area (Å²) >= 11 is 0. The minimum atomic E-state index is -0.659. The van der Waals surface area contributed by atoms with Crippen molar-refractivity contribution in [3.05, 3.63) is 119 Å². The first kappa shape index (κ1) is 39.4. The van der Waals surface area contributed by atoms with Crippen molar-refractivity contribution in [2.24, 2.45) is 0 Å². The molecular weight excluding hydrogens is 677 g/mol. The van der Waals surface area contributed by atoms with Gasteiger partial charge in [-0.2, -0.15) is 0 Å². The van der Waals surface area contributed by atoms with E-state index in [2.05, 4.69) is 102 Å². The molecule has 6 rings (SSSR count). The number of ether oxygens (including phenoxy) is 6. The number of carbonyl (C=O) groups is 1. The molecular formula is C47H58O7. The van der Waals surface area contributed by atoms with Crippen molar-refractivity contribution in [3.63, 3.8) is 0 Å². The van der Waals surface area contributed by atoms with Crippen LogP contribution in [0.2, 0.25) is 0 Å². The summed E-state index contributed by atoms with van der Waals surface area (Å²) in [7, 11) is 0. The second-order valence-electron chi connectivity index (χ2n) is 16.6. The number of hydrogen-bond acceptors (Lipinski definition) is 7. The molecule has 2 aliphatic heterocycles. The van der Waals surface area contributed by atoms with Crippen molar-refractivity contribution in [1.82, 2.24) is 0 Å². The van der Waals surface area contributed by atoms with Crippen LogP contribution < -0.4 is 18.9 Å². The fourth-order valence-corrected chi connectivity index (χ4v) is 6.86. The Morgan fingerprint density at radius 2 is 0.926 bits per heavy atom. The van der Waals surface area contributed by atoms with Gasteiger partial charge in [0.25, 0.3) is 0 Å². The standard InChI is InChI=1S/C47H58O7/c1-9-46(7,53-40-23-15-35(16-24-40)45(5,6)34-13-21-39(22-14-34)50-31-43-32-52-43)27-37(48)29-49-38-19-11-33(12-20-38)44(3,4)36-17-25-41(26-18-36)54-47(8,10-2)28-42-30-51-42/h11-26,42-43H,9-10,27-32H2,1-8H3. The third-order valence-electron chi connectivity index (χ3n) is 11.4. The van der Waals surface area contributed by atoms with Gasteiger partial charge in [-0.25, -0.2) is 0 Å². The van der Waals surface area contributed by atoms with E-state index < -0.39 is 5.60 Å². The van der Waals surface area contributed by atoms with Gasteiger partial charge in [0, 0.05) is 23.7 Å². The molecule has 2 aliphatic rings. The molecule has 0 aromatic heterocycles. The lowest BCUT2D eigenvalue weighted by Crippen LogP contribution is -2.35. The molecule has 0 saturated carbocycles. The first-order chi connectivity index (χ1) is 25.7. The summed E-state index contributed by atoms with van der Waals surface area (Å²) < 4.78 is 35.3. The Labute approximate surface area is 322 Å². The van der Waals surface area contributed by atoms with Gasteiger partial charge in [-0.15, -0.1) is 0 Å². The molecule has 0 aliphatic carbocycles. The lowest BCUT2D eigenvalue weighted by molar-refractivity contribution is -0.124. The predicted octanol–water partition coefficient (Wildman–Crippen LogP) is 10.0. The largest absolute Gasteiger partial charge is 0.491 e. The van der Waals surface area contributed by atoms with Crippen LogP contribution in [0.5, 0.6) is 23.0 Å². The maximum atomic E-state index is 13.2. The average Bonchev–Trinajstić information content (AvgIpc) is 4.11. The fraction of sp³-hybridized carbons (Fsp3) is 0.468. The summed E-state index contributed by atoms with van der Waals surface area (Å²) in [5.41, 5.74) is 3.37. The van der Waals surface area contributed by atoms with Gasteiger partial charge in [0.1, 0.15) is 53.5 Å². The van der Waals surface area contributed by atoms with Crippen molar-refractivity contribution >= 4 is 5.78 Å². The third kappa shape index (κ3) is 10.0. The van der Waals surface area contributed by atoms with Crippen molar-refractivity contribution in [2.45, 2.75) is 115 Å². The maximum absolute atomic E-state index is 13.2. The van der Waals surface area contributed by atoms with Crippen LogP contribution in [0.25, 0.3) is 0 Å². The lowest BCUT2D eigenvalue weighted by Gasteiger charge is -2.30. The summed E-state index contributed by atoms with van der Waals surface area (Å²) in [6.45, 7) is 19.4. The molecule has 0 amide bonds. The van der Waals surface area contributed by atoms with Gasteiger partial charge < -0.3 is 28.4 Å². The van der Waals surface area contributed by atoms with E-state index >= 15 is 0 Å². The summed E-state index contributed by atoms with van der Waals surface area (Å²) in [4.78, 5) is 13.2. The zero-order valence-corrected chi connectivity index (χ0v) is 33.4. The predicted molar refractivity (Wildman–Crippen MR) is 213 cm³/mol. The molecule has 54 heavy (non-hydrogen) atoms. The molecule has 2 heterocycles. The number of rotatable bonds is 20. The number of hydrogen-bond donors (Lipinski definition) is 0. The van der Waals surface area contributed by atoms with Gasteiger partial charge in [-0.3, -0.25) is 4.79 Å². The van der Waals surface area contributed by atoms with E-state index in [1.807, 2.05) is 50.2 Å². The van der Waals surface area contributed by atoms with Crippen molar-refractivity contribution in [3.8, 4) is 23.0 Å². The Bertz CT molecular complexity index is 1820. The van der Waals surface area contributed by atoms with Gasteiger partial charge in [0.15, 0.2) is 5.78 Å². The Balaban J connectivity index is 0.991. The van der Waals surface area contributed by atoms with Crippen LogP contribution in [0.15, 0.2) is 97.1 Å². The molecule has 0 N–H and O–H groups in total. The number of benzene rings is 4. The average molecular weight is 735 g/mol. The van der Waals surface area contributed by atoms with Gasteiger partial charge >= 0.3 is 0 Å². The monoisotopic (exact) mass is 734 g/mol. The van der Waals surface area contributed by atoms with E-state index in [1.54, 1.807) is 0 Å². The maximum Gasteiger partial charge on any atom is 0.174 e. The zero-order chi connectivity index (χ0) is 38.6. The van der Waals surface area contributed by atoms with Crippen LogP contribution in [0, 0.1) is 0 Å². The highest BCUT2D eigenvalue weighted by Crippen LogP contribution is 2.37. The molecule has 0 bridgehead atoms. The highest BCUT2D eigenvalue weighted by atomic mass is 16.6. The quantitative estimate of drug-likeness (QED) is 0.0837. The van der Waals surface area contributed by atoms with Crippen LogP contribution in [-0.4, -0.2) is 55.6 Å². The van der Waals surface area contributed by atoms with Crippen molar-refractivity contribution in [1.29, 1.82) is 0 Å². The normalized spacial score (nSPS) is 18.9. The van der Waals surface area contributed by atoms with E-state index in [1.165, 1.54) is 16.7 Å². The first-order valence-electron chi connectivity index (χ1n) is 19.5. The number of carbonyl (C=O) groups excluding carboxylic acids is 1. The number of epoxide rings is 2. The molecule has 288 valence electrons. The number of ketones is 1. The molecule has 0 radical (unpaired) electrons. The molecule has 4 unspecified atom stereocenters. The molecule has 7 nitrogen and oxygen atoms in total.